The fraction of sp³-hybridized carbons (Fsp3) is 0.333. The number of benzene rings is 1. The predicted octanol–water partition coefficient (Wildman–Crippen LogP) is 1.32. The van der Waals surface area contributed by atoms with Crippen LogP contribution in [-0.4, -0.2) is 35.9 Å². The number of nitrogens with one attached hydrogen (secondary N) is 2. The van der Waals surface area contributed by atoms with Gasteiger partial charge in [-0.2, -0.15) is 5.10 Å². The van der Waals surface area contributed by atoms with Gasteiger partial charge >= 0.3 is 0 Å². The van der Waals surface area contributed by atoms with Gasteiger partial charge in [0.25, 0.3) is 0 Å². The number of rotatable bonds is 4. The van der Waals surface area contributed by atoms with Crippen LogP contribution in [0.15, 0.2) is 41.5 Å². The molecule has 1 aliphatic heterocycles. The molecule has 1 aliphatic rings. The summed E-state index contributed by atoms with van der Waals surface area (Å²) in [6.07, 6.45) is 3.05. The van der Waals surface area contributed by atoms with Gasteiger partial charge in [-0.15, -0.1) is 0 Å². The summed E-state index contributed by atoms with van der Waals surface area (Å²) in [6.45, 7) is 2.52. The van der Waals surface area contributed by atoms with Gasteiger partial charge in [-0.05, 0) is 36.8 Å². The Morgan fingerprint density at radius 2 is 2.14 bits per heavy atom. The zero-order valence-electron chi connectivity index (χ0n) is 12.0. The number of hydrogen-bond donors (Lipinski definition) is 2. The van der Waals surface area contributed by atoms with Crippen LogP contribution < -0.4 is 15.4 Å². The molecule has 0 saturated carbocycles. The van der Waals surface area contributed by atoms with E-state index in [-0.39, 0.29) is 0 Å². The highest BCUT2D eigenvalue weighted by Crippen LogP contribution is 2.14. The van der Waals surface area contributed by atoms with Crippen LogP contribution in [0.4, 0.5) is 0 Å². The van der Waals surface area contributed by atoms with Crippen molar-refractivity contribution >= 4 is 5.96 Å². The molecule has 2 aromatic rings. The second-order valence-corrected chi connectivity index (χ2v) is 4.81. The second-order valence-electron chi connectivity index (χ2n) is 4.81. The third-order valence-corrected chi connectivity index (χ3v) is 3.32. The number of aliphatic imine (C=N–C) groups is 1. The highest BCUT2D eigenvalue weighted by atomic mass is 16.5. The molecule has 6 nitrogen and oxygen atoms in total. The molecule has 110 valence electrons. The molecule has 3 rings (SSSR count). The summed E-state index contributed by atoms with van der Waals surface area (Å²) in [5.74, 6) is 1.70. The topological polar surface area (TPSA) is 63.5 Å². The van der Waals surface area contributed by atoms with Crippen molar-refractivity contribution in [1.29, 1.82) is 0 Å². The summed E-state index contributed by atoms with van der Waals surface area (Å²) in [5, 5.41) is 11.0. The largest absolute Gasteiger partial charge is 0.497 e. The van der Waals surface area contributed by atoms with Crippen molar-refractivity contribution in [3.63, 3.8) is 0 Å². The molecule has 0 aliphatic carbocycles. The van der Waals surface area contributed by atoms with Crippen LogP contribution in [0.1, 0.15) is 12.1 Å². The fourth-order valence-corrected chi connectivity index (χ4v) is 2.16. The summed E-state index contributed by atoms with van der Waals surface area (Å²) in [7, 11) is 1.66. The van der Waals surface area contributed by atoms with Crippen molar-refractivity contribution in [3.05, 3.63) is 42.2 Å². The molecule has 2 N–H and O–H groups in total. The number of ether oxygens (including phenoxy) is 1. The van der Waals surface area contributed by atoms with Crippen LogP contribution in [0.3, 0.4) is 0 Å². The third kappa shape index (κ3) is 3.34. The minimum atomic E-state index is 0.662. The van der Waals surface area contributed by atoms with Gasteiger partial charge in [0.15, 0.2) is 5.96 Å². The number of aromatic nitrogens is 2. The molecule has 2 heterocycles. The molecule has 21 heavy (non-hydrogen) atoms. The molecule has 0 saturated heterocycles. The molecule has 6 heteroatoms. The predicted molar refractivity (Wildman–Crippen MR) is 81.9 cm³/mol. The van der Waals surface area contributed by atoms with Crippen molar-refractivity contribution < 1.29 is 4.74 Å². The lowest BCUT2D eigenvalue weighted by molar-refractivity contribution is 0.414. The van der Waals surface area contributed by atoms with Gasteiger partial charge in [-0.3, -0.25) is 4.99 Å². The number of guanidine groups is 1. The molecule has 1 aromatic heterocycles. The molecule has 0 radical (unpaired) electrons. The van der Waals surface area contributed by atoms with Crippen LogP contribution in [0.2, 0.25) is 0 Å². The zero-order chi connectivity index (χ0) is 14.5. The van der Waals surface area contributed by atoms with E-state index in [1.165, 1.54) is 0 Å². The van der Waals surface area contributed by atoms with Crippen LogP contribution in [0.5, 0.6) is 5.75 Å². The van der Waals surface area contributed by atoms with Crippen molar-refractivity contribution in [2.24, 2.45) is 4.99 Å². The summed E-state index contributed by atoms with van der Waals surface area (Å²) >= 11 is 0. The van der Waals surface area contributed by atoms with E-state index >= 15 is 0 Å². The maximum absolute atomic E-state index is 5.16. The van der Waals surface area contributed by atoms with E-state index < -0.39 is 0 Å². The lowest BCUT2D eigenvalue weighted by atomic mass is 10.3. The Hall–Kier alpha value is -2.50. The van der Waals surface area contributed by atoms with Crippen LogP contribution in [0, 0.1) is 0 Å². The Bertz CT molecular complexity index is 617. The quantitative estimate of drug-likeness (QED) is 0.889. The lowest BCUT2D eigenvalue weighted by Gasteiger charge is -2.15. The second kappa shape index (κ2) is 6.30. The highest BCUT2D eigenvalue weighted by Gasteiger charge is 2.05. The number of nitrogens with zero attached hydrogens (tertiary/aromatic N) is 3. The normalized spacial score (nSPS) is 14.2. The summed E-state index contributed by atoms with van der Waals surface area (Å²) in [6, 6.07) is 9.82. The molecule has 0 fully saturated rings. The van der Waals surface area contributed by atoms with Crippen molar-refractivity contribution in [2.45, 2.75) is 13.0 Å². The maximum atomic E-state index is 5.16. The molecule has 0 amide bonds. The molecular weight excluding hydrogens is 266 g/mol. The van der Waals surface area contributed by atoms with Gasteiger partial charge in [0, 0.05) is 19.3 Å². The van der Waals surface area contributed by atoms with Crippen LogP contribution in [-0.2, 0) is 6.54 Å². The minimum Gasteiger partial charge on any atom is -0.497 e. The van der Waals surface area contributed by atoms with Crippen LogP contribution in [0.25, 0.3) is 5.69 Å². The van der Waals surface area contributed by atoms with E-state index in [1.54, 1.807) is 7.11 Å². The van der Waals surface area contributed by atoms with E-state index in [0.29, 0.717) is 6.54 Å². The van der Waals surface area contributed by atoms with E-state index in [1.807, 2.05) is 41.2 Å². The Balaban J connectivity index is 1.63. The van der Waals surface area contributed by atoms with Crippen molar-refractivity contribution in [3.8, 4) is 11.4 Å². The first-order chi connectivity index (χ1) is 10.3. The average Bonchev–Trinajstić information content (AvgIpc) is 3.03. The van der Waals surface area contributed by atoms with Crippen LogP contribution >= 0.6 is 0 Å². The Kier molecular flexibility index (Phi) is 4.04. The van der Waals surface area contributed by atoms with Gasteiger partial charge < -0.3 is 15.4 Å². The monoisotopic (exact) mass is 285 g/mol. The fourth-order valence-electron chi connectivity index (χ4n) is 2.16. The Labute approximate surface area is 123 Å². The molecule has 0 atom stereocenters. The zero-order valence-corrected chi connectivity index (χ0v) is 12.0. The van der Waals surface area contributed by atoms with Crippen molar-refractivity contribution in [2.75, 3.05) is 20.2 Å². The molecule has 1 aromatic carbocycles. The van der Waals surface area contributed by atoms with E-state index in [0.717, 1.165) is 42.6 Å². The molecule has 0 spiro atoms. The number of methoxy groups -OCH3 is 1. The Morgan fingerprint density at radius 3 is 2.86 bits per heavy atom. The first-order valence-corrected chi connectivity index (χ1v) is 7.06. The van der Waals surface area contributed by atoms with Gasteiger partial charge in [0.05, 0.1) is 25.0 Å². The standard InChI is InChI=1S/C15H19N5O/c1-21-14-5-3-13(4-6-14)20-10-7-12(19-20)11-18-15-16-8-2-9-17-15/h3-7,10H,2,8-9,11H2,1H3,(H2,16,17,18). The van der Waals surface area contributed by atoms with Gasteiger partial charge in [0.2, 0.25) is 0 Å². The summed E-state index contributed by atoms with van der Waals surface area (Å²) in [4.78, 5) is 4.37. The Morgan fingerprint density at radius 1 is 1.29 bits per heavy atom. The smallest absolute Gasteiger partial charge is 0.191 e. The molecule has 0 unspecified atom stereocenters. The molecular formula is C15H19N5O. The SMILES string of the molecule is COc1ccc(-n2ccc(CNC3=NCCCN3)n2)cc1. The van der Waals surface area contributed by atoms with E-state index in [4.69, 9.17) is 4.74 Å². The number of hydrogen-bond acceptors (Lipinski definition) is 5. The lowest BCUT2D eigenvalue weighted by Crippen LogP contribution is -2.40. The van der Waals surface area contributed by atoms with Gasteiger partial charge in [-0.25, -0.2) is 4.68 Å². The van der Waals surface area contributed by atoms with Gasteiger partial charge in [0.1, 0.15) is 5.75 Å². The van der Waals surface area contributed by atoms with E-state index in [2.05, 4.69) is 20.7 Å². The third-order valence-electron chi connectivity index (χ3n) is 3.32. The molecule has 0 bridgehead atoms. The summed E-state index contributed by atoms with van der Waals surface area (Å²) < 4.78 is 7.01. The van der Waals surface area contributed by atoms with Gasteiger partial charge in [-0.1, -0.05) is 0 Å². The van der Waals surface area contributed by atoms with Crippen molar-refractivity contribution in [1.82, 2.24) is 20.4 Å². The minimum absolute atomic E-state index is 0.662. The summed E-state index contributed by atoms with van der Waals surface area (Å²) in [5.41, 5.74) is 1.98. The highest BCUT2D eigenvalue weighted by molar-refractivity contribution is 5.80. The first-order valence-electron chi connectivity index (χ1n) is 7.06. The maximum Gasteiger partial charge on any atom is 0.191 e. The average molecular weight is 285 g/mol. The van der Waals surface area contributed by atoms with E-state index in [9.17, 15) is 0 Å². The first kappa shape index (κ1) is 13.5.